The standard InChI is InChI=1S/C12H14N6/c1-18(8-9-3-2-5-15-7-9)12-10(11(13)14)4-6-16-17-12/h2-7H,8H2,1H3,(H3,13,14). The third kappa shape index (κ3) is 2.60. The first-order chi connectivity index (χ1) is 8.68. The molecule has 0 unspecified atom stereocenters. The summed E-state index contributed by atoms with van der Waals surface area (Å²) >= 11 is 0. The second kappa shape index (κ2) is 5.22. The Morgan fingerprint density at radius 1 is 1.39 bits per heavy atom. The lowest BCUT2D eigenvalue weighted by atomic mass is 10.2. The molecule has 0 aliphatic heterocycles. The smallest absolute Gasteiger partial charge is 0.162 e. The molecule has 18 heavy (non-hydrogen) atoms. The number of nitrogens with one attached hydrogen (secondary N) is 1. The van der Waals surface area contributed by atoms with Gasteiger partial charge in [0.1, 0.15) is 5.84 Å². The zero-order valence-corrected chi connectivity index (χ0v) is 10.0. The lowest BCUT2D eigenvalue weighted by Crippen LogP contribution is -2.23. The molecule has 2 aromatic heterocycles. The number of pyridine rings is 1. The maximum atomic E-state index is 7.52. The molecule has 2 aromatic rings. The van der Waals surface area contributed by atoms with Gasteiger partial charge < -0.3 is 10.6 Å². The minimum atomic E-state index is -0.0158. The van der Waals surface area contributed by atoms with E-state index in [1.54, 1.807) is 18.5 Å². The highest BCUT2D eigenvalue weighted by atomic mass is 15.2. The fourth-order valence-electron chi connectivity index (χ4n) is 1.66. The summed E-state index contributed by atoms with van der Waals surface area (Å²) in [5.41, 5.74) is 7.16. The average Bonchev–Trinajstić information content (AvgIpc) is 2.40. The minimum Gasteiger partial charge on any atom is -0.384 e. The Morgan fingerprint density at radius 3 is 2.89 bits per heavy atom. The first-order valence-electron chi connectivity index (χ1n) is 5.44. The van der Waals surface area contributed by atoms with Crippen molar-refractivity contribution in [2.75, 3.05) is 11.9 Å². The zero-order valence-electron chi connectivity index (χ0n) is 10.0. The van der Waals surface area contributed by atoms with Gasteiger partial charge in [-0.05, 0) is 17.7 Å². The summed E-state index contributed by atoms with van der Waals surface area (Å²) in [5, 5.41) is 15.4. The van der Waals surface area contributed by atoms with Gasteiger partial charge in [-0.15, -0.1) is 5.10 Å². The van der Waals surface area contributed by atoms with Crippen molar-refractivity contribution in [3.8, 4) is 0 Å². The number of hydrogen-bond acceptors (Lipinski definition) is 5. The van der Waals surface area contributed by atoms with Gasteiger partial charge in [0.25, 0.3) is 0 Å². The Bertz CT molecular complexity index is 539. The molecule has 0 aromatic carbocycles. The van der Waals surface area contributed by atoms with Crippen molar-refractivity contribution in [2.45, 2.75) is 6.54 Å². The number of rotatable bonds is 4. The van der Waals surface area contributed by atoms with Crippen LogP contribution in [0.3, 0.4) is 0 Å². The van der Waals surface area contributed by atoms with Crippen LogP contribution in [0, 0.1) is 5.41 Å². The second-order valence-electron chi connectivity index (χ2n) is 3.90. The van der Waals surface area contributed by atoms with Crippen molar-refractivity contribution in [3.05, 3.63) is 47.9 Å². The van der Waals surface area contributed by atoms with Crippen LogP contribution in [0.15, 0.2) is 36.8 Å². The molecule has 3 N–H and O–H groups in total. The quantitative estimate of drug-likeness (QED) is 0.611. The molecule has 0 spiro atoms. The molecule has 0 atom stereocenters. The third-order valence-electron chi connectivity index (χ3n) is 2.50. The van der Waals surface area contributed by atoms with E-state index in [2.05, 4.69) is 15.2 Å². The summed E-state index contributed by atoms with van der Waals surface area (Å²) in [6.45, 7) is 0.632. The van der Waals surface area contributed by atoms with Crippen molar-refractivity contribution in [3.63, 3.8) is 0 Å². The molecule has 0 amide bonds. The van der Waals surface area contributed by atoms with E-state index >= 15 is 0 Å². The van der Waals surface area contributed by atoms with Gasteiger partial charge in [-0.1, -0.05) is 6.07 Å². The van der Waals surface area contributed by atoms with Crippen molar-refractivity contribution in [1.82, 2.24) is 15.2 Å². The summed E-state index contributed by atoms with van der Waals surface area (Å²) < 4.78 is 0. The van der Waals surface area contributed by atoms with Gasteiger partial charge in [-0.3, -0.25) is 10.4 Å². The fourth-order valence-corrected chi connectivity index (χ4v) is 1.66. The van der Waals surface area contributed by atoms with E-state index in [1.165, 1.54) is 6.20 Å². The van der Waals surface area contributed by atoms with Gasteiger partial charge in [0, 0.05) is 26.0 Å². The van der Waals surface area contributed by atoms with Crippen molar-refractivity contribution >= 4 is 11.7 Å². The van der Waals surface area contributed by atoms with Crippen LogP contribution < -0.4 is 10.6 Å². The fraction of sp³-hybridized carbons (Fsp3) is 0.167. The van der Waals surface area contributed by atoms with Crippen LogP contribution in [0.2, 0.25) is 0 Å². The topological polar surface area (TPSA) is 91.8 Å². The van der Waals surface area contributed by atoms with E-state index in [0.717, 1.165) is 5.56 Å². The molecule has 0 fully saturated rings. The minimum absolute atomic E-state index is 0.0158. The molecule has 0 bridgehead atoms. The molecule has 92 valence electrons. The Hall–Kier alpha value is -2.50. The number of amidine groups is 1. The molecule has 6 nitrogen and oxygen atoms in total. The molecule has 0 saturated heterocycles. The predicted octanol–water partition coefficient (Wildman–Crippen LogP) is 0.792. The highest BCUT2D eigenvalue weighted by Crippen LogP contribution is 2.16. The van der Waals surface area contributed by atoms with Crippen molar-refractivity contribution < 1.29 is 0 Å². The van der Waals surface area contributed by atoms with E-state index in [4.69, 9.17) is 11.1 Å². The Kier molecular flexibility index (Phi) is 3.47. The van der Waals surface area contributed by atoms with Gasteiger partial charge in [0.05, 0.1) is 11.8 Å². The number of nitrogen functional groups attached to an aromatic ring is 1. The highest BCUT2D eigenvalue weighted by molar-refractivity contribution is 5.99. The van der Waals surface area contributed by atoms with Crippen LogP contribution in [-0.4, -0.2) is 28.1 Å². The number of nitrogens with zero attached hydrogens (tertiary/aromatic N) is 4. The highest BCUT2D eigenvalue weighted by Gasteiger charge is 2.11. The number of anilines is 1. The Labute approximate surface area is 105 Å². The summed E-state index contributed by atoms with van der Waals surface area (Å²) in [7, 11) is 1.88. The third-order valence-corrected chi connectivity index (χ3v) is 2.50. The zero-order chi connectivity index (χ0) is 13.0. The molecule has 0 radical (unpaired) electrons. The van der Waals surface area contributed by atoms with E-state index in [-0.39, 0.29) is 5.84 Å². The predicted molar refractivity (Wildman–Crippen MR) is 69.4 cm³/mol. The van der Waals surface area contributed by atoms with Crippen molar-refractivity contribution in [2.24, 2.45) is 5.73 Å². The SMILES string of the molecule is CN(Cc1cccnc1)c1nnccc1C(=N)N. The largest absolute Gasteiger partial charge is 0.384 e. The van der Waals surface area contributed by atoms with Gasteiger partial charge in [-0.25, -0.2) is 0 Å². The van der Waals surface area contributed by atoms with Gasteiger partial charge >= 0.3 is 0 Å². The number of aromatic nitrogens is 3. The molecular weight excluding hydrogens is 228 g/mol. The van der Waals surface area contributed by atoms with Gasteiger partial charge in [0.2, 0.25) is 0 Å². The summed E-state index contributed by atoms with van der Waals surface area (Å²) in [6.07, 6.45) is 5.05. The summed E-state index contributed by atoms with van der Waals surface area (Å²) in [5.74, 6) is 0.576. The Balaban J connectivity index is 2.24. The molecule has 0 aliphatic carbocycles. The normalized spacial score (nSPS) is 10.1. The Morgan fingerprint density at radius 2 is 2.22 bits per heavy atom. The summed E-state index contributed by atoms with van der Waals surface area (Å²) in [4.78, 5) is 5.95. The van der Waals surface area contributed by atoms with Crippen LogP contribution in [0.25, 0.3) is 0 Å². The summed E-state index contributed by atoms with van der Waals surface area (Å²) in [6, 6.07) is 5.55. The van der Waals surface area contributed by atoms with Crippen LogP contribution in [-0.2, 0) is 6.54 Å². The van der Waals surface area contributed by atoms with E-state index in [0.29, 0.717) is 17.9 Å². The molecular formula is C12H14N6. The van der Waals surface area contributed by atoms with Gasteiger partial charge in [-0.2, -0.15) is 5.10 Å². The van der Waals surface area contributed by atoms with Crippen LogP contribution in [0.4, 0.5) is 5.82 Å². The van der Waals surface area contributed by atoms with Crippen LogP contribution in [0.5, 0.6) is 0 Å². The average molecular weight is 242 g/mol. The first-order valence-corrected chi connectivity index (χ1v) is 5.44. The van der Waals surface area contributed by atoms with Crippen LogP contribution in [0.1, 0.15) is 11.1 Å². The first kappa shape index (κ1) is 12.0. The lowest BCUT2D eigenvalue weighted by Gasteiger charge is -2.19. The van der Waals surface area contributed by atoms with Crippen molar-refractivity contribution in [1.29, 1.82) is 5.41 Å². The van der Waals surface area contributed by atoms with Gasteiger partial charge in [0.15, 0.2) is 5.82 Å². The van der Waals surface area contributed by atoms with Crippen LogP contribution >= 0.6 is 0 Å². The number of hydrogen-bond donors (Lipinski definition) is 2. The van der Waals surface area contributed by atoms with E-state index in [9.17, 15) is 0 Å². The lowest BCUT2D eigenvalue weighted by molar-refractivity contribution is 0.859. The number of nitrogens with two attached hydrogens (primary N) is 1. The van der Waals surface area contributed by atoms with E-state index in [1.807, 2.05) is 24.1 Å². The molecule has 0 saturated carbocycles. The second-order valence-corrected chi connectivity index (χ2v) is 3.90. The molecule has 0 aliphatic rings. The van der Waals surface area contributed by atoms with E-state index < -0.39 is 0 Å². The maximum absolute atomic E-state index is 7.52. The maximum Gasteiger partial charge on any atom is 0.162 e. The molecule has 6 heteroatoms. The molecule has 2 heterocycles. The monoisotopic (exact) mass is 242 g/mol. The molecule has 2 rings (SSSR count).